The first-order valence-corrected chi connectivity index (χ1v) is 28.9. The molecule has 12 aromatic rings. The second-order valence-electron chi connectivity index (χ2n) is 26.6. The summed E-state index contributed by atoms with van der Waals surface area (Å²) in [5.74, 6) is 1.72. The van der Waals surface area contributed by atoms with Crippen molar-refractivity contribution in [1.82, 2.24) is 14.1 Å². The van der Waals surface area contributed by atoms with Crippen molar-refractivity contribution in [2.24, 2.45) is 0 Å². The average Bonchev–Trinajstić information content (AvgIpc) is 1.98. The summed E-state index contributed by atoms with van der Waals surface area (Å²) >= 11 is 0. The summed E-state index contributed by atoms with van der Waals surface area (Å²) in [6.07, 6.45) is 1.89. The minimum Gasteiger partial charge on any atom is -0.510 e. The molecule has 13 rings (SSSR count). The van der Waals surface area contributed by atoms with Crippen LogP contribution in [0, 0.1) is 25.4 Å². The predicted octanol–water partition coefficient (Wildman–Crippen LogP) is 21.3. The number of fused-ring (bicyclic) bond motifs is 10. The van der Waals surface area contributed by atoms with Gasteiger partial charge >= 0.3 is 0 Å². The van der Waals surface area contributed by atoms with E-state index in [9.17, 15) is 0 Å². The van der Waals surface area contributed by atoms with Gasteiger partial charge in [-0.2, -0.15) is 6.07 Å². The number of ether oxygens (including phenoxy) is 1. The first kappa shape index (κ1) is 55.9. The molecular formula is C77H68N5OPt-3. The van der Waals surface area contributed by atoms with Crippen LogP contribution in [0.1, 0.15) is 105 Å². The molecule has 7 heteroatoms. The molecule has 0 amide bonds. The van der Waals surface area contributed by atoms with Gasteiger partial charge in [0.2, 0.25) is 0 Å². The molecule has 0 N–H and O–H groups in total. The van der Waals surface area contributed by atoms with Gasteiger partial charge in [0.05, 0.1) is 12.3 Å². The molecule has 0 saturated heterocycles. The third kappa shape index (κ3) is 9.87. The van der Waals surface area contributed by atoms with Gasteiger partial charge in [-0.05, 0) is 152 Å². The zero-order chi connectivity index (χ0) is 57.9. The van der Waals surface area contributed by atoms with E-state index in [1.807, 2.05) is 18.3 Å². The van der Waals surface area contributed by atoms with Gasteiger partial charge in [-0.25, -0.2) is 4.98 Å². The Bertz CT molecular complexity index is 4720. The van der Waals surface area contributed by atoms with Gasteiger partial charge in [-0.3, -0.25) is 4.85 Å². The molecule has 0 spiro atoms. The van der Waals surface area contributed by atoms with Crippen LogP contribution in [0.2, 0.25) is 0 Å². The molecule has 4 heterocycles. The quantitative estimate of drug-likeness (QED) is 0.156. The Hall–Kier alpha value is -8.62. The van der Waals surface area contributed by atoms with Gasteiger partial charge in [-0.1, -0.05) is 222 Å². The molecule has 6 nitrogen and oxygen atoms in total. The van der Waals surface area contributed by atoms with E-state index in [1.165, 1.54) is 38.8 Å². The molecule has 3 aromatic heterocycles. The zero-order valence-corrected chi connectivity index (χ0v) is 52.2. The van der Waals surface area contributed by atoms with E-state index in [4.69, 9.17) is 16.3 Å². The van der Waals surface area contributed by atoms with Gasteiger partial charge in [0.1, 0.15) is 5.82 Å². The third-order valence-corrected chi connectivity index (χ3v) is 16.7. The number of para-hydroxylation sites is 3. The zero-order valence-electron chi connectivity index (χ0n) is 49.9. The fourth-order valence-corrected chi connectivity index (χ4v) is 12.1. The van der Waals surface area contributed by atoms with E-state index >= 15 is 0 Å². The van der Waals surface area contributed by atoms with E-state index < -0.39 is 0 Å². The van der Waals surface area contributed by atoms with E-state index in [0.717, 1.165) is 82.4 Å². The molecule has 1 aliphatic heterocycles. The van der Waals surface area contributed by atoms with Crippen LogP contribution in [0.4, 0.5) is 17.1 Å². The molecule has 0 unspecified atom stereocenters. The molecule has 0 aliphatic carbocycles. The molecule has 420 valence electrons. The van der Waals surface area contributed by atoms with Crippen molar-refractivity contribution in [3.8, 4) is 39.6 Å². The van der Waals surface area contributed by atoms with Gasteiger partial charge in [0.25, 0.3) is 0 Å². The van der Waals surface area contributed by atoms with Gasteiger partial charge < -0.3 is 18.8 Å². The van der Waals surface area contributed by atoms with Crippen LogP contribution in [0.3, 0.4) is 0 Å². The SMILES string of the molecule is [C-]#[N+]c1cc(Oc2[c-]c3c(cc2)c2ccccc2n3-c2cc(C(C)(C)C)ccn2)[c-]c(N2[CH-]n3c4c(-c5cc(-c6cc(C(C)(C)C)cc(C(C)(C)C)c6)cc(C(C)(C)C)c5)cccc4c4ccccc4c4ccccc4c4cccc2c43)c1.[Pt]. The maximum Gasteiger partial charge on any atom is 0.135 e. The summed E-state index contributed by atoms with van der Waals surface area (Å²) in [5, 5.41) is 8.92. The maximum atomic E-state index is 8.48. The van der Waals surface area contributed by atoms with Crippen LogP contribution in [-0.2, 0) is 42.7 Å². The summed E-state index contributed by atoms with van der Waals surface area (Å²) in [7, 11) is 0. The number of aromatic nitrogens is 3. The van der Waals surface area contributed by atoms with Crippen LogP contribution in [0.15, 0.2) is 188 Å². The fraction of sp³-hybridized carbons (Fsp3) is 0.208. The molecule has 9 aromatic carbocycles. The molecule has 84 heavy (non-hydrogen) atoms. The van der Waals surface area contributed by atoms with Crippen molar-refractivity contribution in [2.75, 3.05) is 4.90 Å². The summed E-state index contributed by atoms with van der Waals surface area (Å²) < 4.78 is 11.4. The molecular weight excluding hydrogens is 1210 g/mol. The number of rotatable bonds is 6. The molecule has 1 aliphatic rings. The van der Waals surface area contributed by atoms with Crippen molar-refractivity contribution in [3.05, 3.63) is 241 Å². The van der Waals surface area contributed by atoms with Crippen LogP contribution >= 0.6 is 0 Å². The van der Waals surface area contributed by atoms with Gasteiger partial charge in [0, 0.05) is 50.0 Å². The fourth-order valence-electron chi connectivity index (χ4n) is 12.1. The summed E-state index contributed by atoms with van der Waals surface area (Å²) in [5.41, 5.74) is 15.4. The number of benzene rings is 9. The second kappa shape index (κ2) is 20.6. The number of anilines is 2. The van der Waals surface area contributed by atoms with Gasteiger partial charge in [-0.15, -0.1) is 35.7 Å². The summed E-state index contributed by atoms with van der Waals surface area (Å²) in [4.78, 5) is 11.1. The van der Waals surface area contributed by atoms with Crippen LogP contribution in [0.5, 0.6) is 11.5 Å². The minimum absolute atomic E-state index is 0. The Morgan fingerprint density at radius 2 is 1.00 bits per heavy atom. The number of hydrogen-bond donors (Lipinski definition) is 0. The number of pyridine rings is 1. The predicted molar refractivity (Wildman–Crippen MR) is 349 cm³/mol. The van der Waals surface area contributed by atoms with Crippen molar-refractivity contribution in [3.63, 3.8) is 0 Å². The van der Waals surface area contributed by atoms with Crippen molar-refractivity contribution in [1.29, 1.82) is 0 Å². The van der Waals surface area contributed by atoms with Crippen molar-refractivity contribution >= 4 is 82.2 Å². The topological polar surface area (TPSA) is 39.6 Å². The Labute approximate surface area is 508 Å². The first-order valence-electron chi connectivity index (χ1n) is 28.9. The second-order valence-corrected chi connectivity index (χ2v) is 26.6. The summed E-state index contributed by atoms with van der Waals surface area (Å²) in [6.45, 7) is 38.2. The standard InChI is InChI=1S/C77H68N5O.Pt/c1-74(2,3)51-34-35-79-71(42-51)82-68-30-19-18-26-64(68)65-33-32-57(46-70(65)82)83-58-44-55(78-13)43-56(45-58)80-47-81-72-59(50-36-48(37-52(40-50)75(4,5)6)49-38-53(76(7,8)9)41-54(39-49)77(10,11)12)27-20-28-66(72)62-24-16-14-22-60(62)61-23-15-17-25-63(61)67-29-21-31-69(80)73(67)81;/h14-44,47H,1-12H3;/q-3;. The van der Waals surface area contributed by atoms with Crippen LogP contribution in [-0.4, -0.2) is 14.1 Å². The van der Waals surface area contributed by atoms with E-state index in [2.05, 4.69) is 285 Å². The number of nitrogens with zero attached hydrogens (tertiary/aromatic N) is 5. The first-order chi connectivity index (χ1) is 39.6. The Kier molecular flexibility index (Phi) is 13.7. The van der Waals surface area contributed by atoms with E-state index in [-0.39, 0.29) is 42.7 Å². The molecule has 0 saturated carbocycles. The van der Waals surface area contributed by atoms with Crippen molar-refractivity contribution in [2.45, 2.75) is 105 Å². The number of hydrogen-bond acceptors (Lipinski definition) is 3. The average molecular weight is 1270 g/mol. The van der Waals surface area contributed by atoms with E-state index in [1.54, 1.807) is 6.07 Å². The Morgan fingerprint density at radius 1 is 0.464 bits per heavy atom. The largest absolute Gasteiger partial charge is 0.510 e. The normalized spacial score (nSPS) is 12.7. The minimum atomic E-state index is -0.161. The van der Waals surface area contributed by atoms with Crippen LogP contribution in [0.25, 0.3) is 98.1 Å². The Morgan fingerprint density at radius 3 is 1.62 bits per heavy atom. The Balaban J connectivity index is 0.00000694. The van der Waals surface area contributed by atoms with Gasteiger partial charge in [0.15, 0.2) is 0 Å². The molecule has 0 radical (unpaired) electrons. The third-order valence-electron chi connectivity index (χ3n) is 16.7. The monoisotopic (exact) mass is 1270 g/mol. The molecule has 0 atom stereocenters. The maximum absolute atomic E-state index is 8.48. The molecule has 0 fully saturated rings. The van der Waals surface area contributed by atoms with Crippen LogP contribution < -0.4 is 9.64 Å². The smallest absolute Gasteiger partial charge is 0.135 e. The van der Waals surface area contributed by atoms with Crippen molar-refractivity contribution < 1.29 is 25.8 Å². The summed E-state index contributed by atoms with van der Waals surface area (Å²) in [6, 6.07) is 73.2. The molecule has 0 bridgehead atoms. The van der Waals surface area contributed by atoms with E-state index in [0.29, 0.717) is 22.9 Å².